The van der Waals surface area contributed by atoms with E-state index in [0.29, 0.717) is 5.92 Å². The smallest absolute Gasteiger partial charge is 0.160 e. The molecule has 0 unspecified atom stereocenters. The van der Waals surface area contributed by atoms with Gasteiger partial charge in [0.2, 0.25) is 0 Å². The van der Waals surface area contributed by atoms with Crippen LogP contribution in [0.5, 0.6) is 0 Å². The summed E-state index contributed by atoms with van der Waals surface area (Å²) in [5.74, 6) is 1.54. The van der Waals surface area contributed by atoms with Gasteiger partial charge in [-0.2, -0.15) is 0 Å². The fourth-order valence-corrected chi connectivity index (χ4v) is 6.00. The van der Waals surface area contributed by atoms with Crippen molar-refractivity contribution in [2.45, 2.75) is 48.0 Å². The van der Waals surface area contributed by atoms with E-state index in [1.54, 1.807) is 0 Å². The van der Waals surface area contributed by atoms with Crippen molar-refractivity contribution in [1.82, 2.24) is 4.98 Å². The van der Waals surface area contributed by atoms with E-state index in [-0.39, 0.29) is 0 Å². The van der Waals surface area contributed by atoms with E-state index in [1.807, 2.05) is 6.92 Å². The summed E-state index contributed by atoms with van der Waals surface area (Å²) in [6.07, 6.45) is 1.08. The predicted octanol–water partition coefficient (Wildman–Crippen LogP) is 10.4. The monoisotopic (exact) mass is 509 g/mol. The van der Waals surface area contributed by atoms with E-state index >= 15 is 0 Å². The molecule has 6 rings (SSSR count). The summed E-state index contributed by atoms with van der Waals surface area (Å²) >= 11 is 0. The number of aryl methyl sites for hydroxylation is 4. The molecule has 0 saturated carbocycles. The molecular weight excluding hydrogens is 474 g/mol. The van der Waals surface area contributed by atoms with Crippen molar-refractivity contribution in [3.8, 4) is 33.5 Å². The van der Waals surface area contributed by atoms with Crippen molar-refractivity contribution >= 4 is 21.9 Å². The van der Waals surface area contributed by atoms with Crippen LogP contribution < -0.4 is 0 Å². The van der Waals surface area contributed by atoms with Crippen LogP contribution in [0.3, 0.4) is 0 Å². The minimum atomic E-state index is 0.621. The zero-order valence-electron chi connectivity index (χ0n) is 23.7. The number of benzene rings is 4. The average Bonchev–Trinajstić information content (AvgIpc) is 3.21. The van der Waals surface area contributed by atoms with Crippen molar-refractivity contribution in [2.75, 3.05) is 0 Å². The second-order valence-corrected chi connectivity index (χ2v) is 11.3. The molecule has 0 bridgehead atoms. The number of nitrogens with zero attached hydrogens (tertiary/aromatic N) is 1. The number of hydrogen-bond acceptors (Lipinski definition) is 2. The lowest BCUT2D eigenvalue weighted by Crippen LogP contribution is -1.98. The van der Waals surface area contributed by atoms with Crippen molar-refractivity contribution < 1.29 is 4.42 Å². The van der Waals surface area contributed by atoms with Crippen molar-refractivity contribution in [3.63, 3.8) is 0 Å². The molecule has 0 aliphatic carbocycles. The van der Waals surface area contributed by atoms with Crippen LogP contribution in [0.25, 0.3) is 55.4 Å². The molecule has 4 aromatic carbocycles. The molecule has 2 nitrogen and oxygen atoms in total. The Balaban J connectivity index is 1.63. The van der Waals surface area contributed by atoms with E-state index in [2.05, 4.69) is 120 Å². The van der Waals surface area contributed by atoms with Gasteiger partial charge in [-0.25, -0.2) is 4.98 Å². The maximum absolute atomic E-state index is 6.38. The zero-order valence-corrected chi connectivity index (χ0v) is 23.7. The quantitative estimate of drug-likeness (QED) is 0.231. The van der Waals surface area contributed by atoms with Gasteiger partial charge >= 0.3 is 0 Å². The summed E-state index contributed by atoms with van der Waals surface area (Å²) in [6.45, 7) is 13.2. The maximum atomic E-state index is 6.38. The first-order valence-corrected chi connectivity index (χ1v) is 13.9. The van der Waals surface area contributed by atoms with E-state index in [1.165, 1.54) is 44.2 Å². The topological polar surface area (TPSA) is 26.0 Å². The number of fused-ring (bicyclic) bond motifs is 2. The molecule has 2 heteroatoms. The molecule has 0 saturated heterocycles. The van der Waals surface area contributed by atoms with Crippen LogP contribution in [-0.4, -0.2) is 4.98 Å². The van der Waals surface area contributed by atoms with Gasteiger partial charge in [-0.3, -0.25) is 0 Å². The van der Waals surface area contributed by atoms with Gasteiger partial charge in [-0.1, -0.05) is 80.6 Å². The highest BCUT2D eigenvalue weighted by Gasteiger charge is 2.20. The summed E-state index contributed by atoms with van der Waals surface area (Å²) < 4.78 is 6.38. The Morgan fingerprint density at radius 2 is 1.41 bits per heavy atom. The Bertz CT molecular complexity index is 1820. The highest BCUT2D eigenvalue weighted by Crippen LogP contribution is 2.41. The Labute approximate surface area is 231 Å². The van der Waals surface area contributed by atoms with Gasteiger partial charge < -0.3 is 4.42 Å². The summed E-state index contributed by atoms with van der Waals surface area (Å²) in [5, 5.41) is 2.46. The van der Waals surface area contributed by atoms with Crippen LogP contribution >= 0.6 is 0 Å². The number of hydrogen-bond donors (Lipinski definition) is 0. The first kappa shape index (κ1) is 25.1. The zero-order chi connectivity index (χ0) is 27.3. The van der Waals surface area contributed by atoms with Crippen molar-refractivity contribution in [3.05, 3.63) is 113 Å². The summed E-state index contributed by atoms with van der Waals surface area (Å²) in [6, 6.07) is 30.8. The van der Waals surface area contributed by atoms with Gasteiger partial charge in [-0.15, -0.1) is 0 Å². The maximum Gasteiger partial charge on any atom is 0.160 e. The van der Waals surface area contributed by atoms with Gasteiger partial charge in [0.1, 0.15) is 11.3 Å². The van der Waals surface area contributed by atoms with Gasteiger partial charge in [0.15, 0.2) is 5.58 Å². The van der Waals surface area contributed by atoms with Crippen LogP contribution in [0.4, 0.5) is 0 Å². The van der Waals surface area contributed by atoms with E-state index in [0.717, 1.165) is 45.7 Å². The van der Waals surface area contributed by atoms with E-state index < -0.39 is 0 Å². The highest BCUT2D eigenvalue weighted by atomic mass is 16.3. The molecular formula is C37H35NO. The molecule has 0 spiro atoms. The van der Waals surface area contributed by atoms with Gasteiger partial charge in [0.25, 0.3) is 0 Å². The Morgan fingerprint density at radius 1 is 0.718 bits per heavy atom. The lowest BCUT2D eigenvalue weighted by atomic mass is 9.89. The number of pyridine rings is 1. The largest absolute Gasteiger partial charge is 0.459 e. The minimum absolute atomic E-state index is 0.621. The molecule has 0 amide bonds. The van der Waals surface area contributed by atoms with Crippen LogP contribution in [-0.2, 0) is 6.42 Å². The van der Waals surface area contributed by atoms with Gasteiger partial charge in [0.05, 0.1) is 5.69 Å². The lowest BCUT2D eigenvalue weighted by Gasteiger charge is -2.16. The second-order valence-electron chi connectivity index (χ2n) is 11.3. The second kappa shape index (κ2) is 9.85. The first-order chi connectivity index (χ1) is 18.8. The third kappa shape index (κ3) is 4.55. The van der Waals surface area contributed by atoms with Crippen LogP contribution in [0.2, 0.25) is 0 Å². The van der Waals surface area contributed by atoms with Crippen LogP contribution in [0, 0.1) is 33.6 Å². The lowest BCUT2D eigenvalue weighted by molar-refractivity contribution is 0.575. The summed E-state index contributed by atoms with van der Waals surface area (Å²) in [5.41, 5.74) is 13.7. The molecule has 6 aromatic rings. The normalized spacial score (nSPS) is 11.7. The fraction of sp³-hybridized carbons (Fsp3) is 0.216. The molecule has 0 aliphatic heterocycles. The molecule has 0 N–H and O–H groups in total. The fourth-order valence-electron chi connectivity index (χ4n) is 6.00. The molecule has 39 heavy (non-hydrogen) atoms. The average molecular weight is 510 g/mol. The number of rotatable bonds is 5. The van der Waals surface area contributed by atoms with Gasteiger partial charge in [-0.05, 0) is 102 Å². The SMILES string of the molecule is Cc1cc(CC(C)C)cc(C)c1-c1cc(-c2cc(-c3ccccc3)c3ccccc3c2)nc2c(C)c(C)oc12. The van der Waals surface area contributed by atoms with Crippen molar-refractivity contribution in [1.29, 1.82) is 0 Å². The molecule has 2 heterocycles. The van der Waals surface area contributed by atoms with Crippen LogP contribution in [0.1, 0.15) is 41.9 Å². The summed E-state index contributed by atoms with van der Waals surface area (Å²) in [4.78, 5) is 5.22. The number of furan rings is 1. The van der Waals surface area contributed by atoms with E-state index in [4.69, 9.17) is 9.40 Å². The molecule has 0 radical (unpaired) electrons. The van der Waals surface area contributed by atoms with Gasteiger partial charge in [0, 0.05) is 16.7 Å². The Kier molecular flexibility index (Phi) is 6.35. The van der Waals surface area contributed by atoms with E-state index in [9.17, 15) is 0 Å². The third-order valence-electron chi connectivity index (χ3n) is 7.86. The summed E-state index contributed by atoms with van der Waals surface area (Å²) in [7, 11) is 0. The Hall–Kier alpha value is -4.17. The molecule has 194 valence electrons. The standard InChI is InChI=1S/C37H35NO/c1-22(2)16-27-17-23(3)35(24(4)18-27)33-21-34(38-36-25(5)26(6)39-37(33)36)30-19-29-14-10-11-15-31(29)32(20-30)28-12-8-7-9-13-28/h7-15,17-22H,16H2,1-6H3. The molecule has 0 fully saturated rings. The highest BCUT2D eigenvalue weighted by molar-refractivity contribution is 6.01. The minimum Gasteiger partial charge on any atom is -0.459 e. The van der Waals surface area contributed by atoms with Crippen LogP contribution in [0.15, 0.2) is 89.3 Å². The molecule has 2 aromatic heterocycles. The predicted molar refractivity (Wildman–Crippen MR) is 165 cm³/mol. The van der Waals surface area contributed by atoms with Crippen molar-refractivity contribution in [2.24, 2.45) is 5.92 Å². The molecule has 0 aliphatic rings. The molecule has 0 atom stereocenters. The Morgan fingerprint density at radius 3 is 2.13 bits per heavy atom. The first-order valence-electron chi connectivity index (χ1n) is 13.9. The number of aromatic nitrogens is 1. The third-order valence-corrected chi connectivity index (χ3v) is 7.86.